The van der Waals surface area contributed by atoms with Gasteiger partial charge in [0, 0.05) is 18.4 Å². The standard InChI is InChI=1S/C10H15ClN2O/c1-6-7(2)12-9(13-8(6)11)10(3,4)14-5/h1-5H3. The van der Waals surface area contributed by atoms with E-state index in [0.717, 1.165) is 11.3 Å². The van der Waals surface area contributed by atoms with Crippen LogP contribution in [0, 0.1) is 13.8 Å². The molecule has 0 radical (unpaired) electrons. The molecule has 78 valence electrons. The predicted octanol–water partition coefficient (Wildman–Crippen LogP) is 2.63. The normalized spacial score (nSPS) is 11.9. The highest BCUT2D eigenvalue weighted by molar-refractivity contribution is 6.30. The molecule has 1 rings (SSSR count). The number of rotatable bonds is 2. The van der Waals surface area contributed by atoms with Crippen LogP contribution < -0.4 is 0 Å². The van der Waals surface area contributed by atoms with E-state index in [1.807, 2.05) is 27.7 Å². The zero-order valence-corrected chi connectivity index (χ0v) is 9.94. The van der Waals surface area contributed by atoms with Crippen LogP contribution >= 0.6 is 11.6 Å². The van der Waals surface area contributed by atoms with E-state index in [1.165, 1.54) is 0 Å². The highest BCUT2D eigenvalue weighted by atomic mass is 35.5. The first kappa shape index (κ1) is 11.4. The predicted molar refractivity (Wildman–Crippen MR) is 56.6 cm³/mol. The van der Waals surface area contributed by atoms with Gasteiger partial charge in [-0.1, -0.05) is 11.6 Å². The van der Waals surface area contributed by atoms with Crippen LogP contribution in [0.4, 0.5) is 0 Å². The molecule has 0 fully saturated rings. The van der Waals surface area contributed by atoms with E-state index in [4.69, 9.17) is 16.3 Å². The average Bonchev–Trinajstić information content (AvgIpc) is 2.13. The second-order valence-corrected chi connectivity index (χ2v) is 4.12. The van der Waals surface area contributed by atoms with Gasteiger partial charge in [0.05, 0.1) is 0 Å². The maximum Gasteiger partial charge on any atom is 0.161 e. The summed E-state index contributed by atoms with van der Waals surface area (Å²) < 4.78 is 5.29. The molecule has 0 bridgehead atoms. The number of aromatic nitrogens is 2. The fourth-order valence-electron chi connectivity index (χ4n) is 0.954. The first-order valence-electron chi connectivity index (χ1n) is 4.45. The molecule has 3 nitrogen and oxygen atoms in total. The quantitative estimate of drug-likeness (QED) is 0.710. The van der Waals surface area contributed by atoms with Crippen LogP contribution in [0.1, 0.15) is 30.9 Å². The lowest BCUT2D eigenvalue weighted by Gasteiger charge is -2.21. The van der Waals surface area contributed by atoms with Crippen LogP contribution in [0.25, 0.3) is 0 Å². The Kier molecular flexibility index (Phi) is 3.12. The first-order chi connectivity index (χ1) is 6.38. The minimum atomic E-state index is -0.498. The number of hydrogen-bond donors (Lipinski definition) is 0. The molecule has 0 aliphatic heterocycles. The van der Waals surface area contributed by atoms with Crippen molar-refractivity contribution in [2.75, 3.05) is 7.11 Å². The zero-order chi connectivity index (χ0) is 10.9. The summed E-state index contributed by atoms with van der Waals surface area (Å²) in [6, 6.07) is 0. The summed E-state index contributed by atoms with van der Waals surface area (Å²) >= 11 is 5.98. The van der Waals surface area contributed by atoms with Crippen molar-refractivity contribution in [1.82, 2.24) is 9.97 Å². The van der Waals surface area contributed by atoms with E-state index in [1.54, 1.807) is 7.11 Å². The minimum Gasteiger partial charge on any atom is -0.371 e. The topological polar surface area (TPSA) is 35.0 Å². The monoisotopic (exact) mass is 214 g/mol. The van der Waals surface area contributed by atoms with Crippen molar-refractivity contribution in [3.05, 3.63) is 22.2 Å². The summed E-state index contributed by atoms with van der Waals surface area (Å²) in [5.41, 5.74) is 1.31. The summed E-state index contributed by atoms with van der Waals surface area (Å²) in [6.07, 6.45) is 0. The van der Waals surface area contributed by atoms with E-state index in [-0.39, 0.29) is 0 Å². The molecule has 0 spiro atoms. The van der Waals surface area contributed by atoms with Gasteiger partial charge in [0.15, 0.2) is 5.82 Å². The minimum absolute atomic E-state index is 0.498. The van der Waals surface area contributed by atoms with Crippen molar-refractivity contribution < 1.29 is 4.74 Å². The second kappa shape index (κ2) is 3.83. The lowest BCUT2D eigenvalue weighted by atomic mass is 10.1. The van der Waals surface area contributed by atoms with Gasteiger partial charge < -0.3 is 4.74 Å². The number of halogens is 1. The van der Waals surface area contributed by atoms with E-state index < -0.39 is 5.60 Å². The van der Waals surface area contributed by atoms with Crippen LogP contribution in [0.5, 0.6) is 0 Å². The molecule has 0 N–H and O–H groups in total. The third-order valence-electron chi connectivity index (χ3n) is 2.38. The number of nitrogens with zero attached hydrogens (tertiary/aromatic N) is 2. The van der Waals surface area contributed by atoms with Crippen molar-refractivity contribution in [3.63, 3.8) is 0 Å². The largest absolute Gasteiger partial charge is 0.371 e. The third-order valence-corrected chi connectivity index (χ3v) is 2.75. The maximum absolute atomic E-state index is 5.98. The van der Waals surface area contributed by atoms with Gasteiger partial charge in [-0.05, 0) is 27.7 Å². The van der Waals surface area contributed by atoms with Crippen molar-refractivity contribution in [2.24, 2.45) is 0 Å². The summed E-state index contributed by atoms with van der Waals surface area (Å²) in [4.78, 5) is 8.56. The highest BCUT2D eigenvalue weighted by Gasteiger charge is 2.24. The molecule has 0 atom stereocenters. The number of ether oxygens (including phenoxy) is 1. The van der Waals surface area contributed by atoms with Crippen molar-refractivity contribution >= 4 is 11.6 Å². The Morgan fingerprint density at radius 1 is 1.21 bits per heavy atom. The Hall–Kier alpha value is -0.670. The Bertz CT molecular complexity index is 327. The van der Waals surface area contributed by atoms with Crippen LogP contribution in [0.3, 0.4) is 0 Å². The van der Waals surface area contributed by atoms with Crippen LogP contribution in [0.2, 0.25) is 5.15 Å². The van der Waals surface area contributed by atoms with Gasteiger partial charge in [-0.2, -0.15) is 0 Å². The van der Waals surface area contributed by atoms with Crippen molar-refractivity contribution in [2.45, 2.75) is 33.3 Å². The van der Waals surface area contributed by atoms with Gasteiger partial charge >= 0.3 is 0 Å². The first-order valence-corrected chi connectivity index (χ1v) is 4.82. The van der Waals surface area contributed by atoms with Gasteiger partial charge in [-0.3, -0.25) is 0 Å². The Morgan fingerprint density at radius 3 is 2.21 bits per heavy atom. The fourth-order valence-corrected chi connectivity index (χ4v) is 1.17. The molecular formula is C10H15ClN2O. The molecule has 14 heavy (non-hydrogen) atoms. The molecular weight excluding hydrogens is 200 g/mol. The van der Waals surface area contributed by atoms with Crippen molar-refractivity contribution in [3.8, 4) is 0 Å². The maximum atomic E-state index is 5.98. The summed E-state index contributed by atoms with van der Waals surface area (Å²) in [6.45, 7) is 7.64. The molecule has 1 aromatic heterocycles. The van der Waals surface area contributed by atoms with E-state index in [9.17, 15) is 0 Å². The van der Waals surface area contributed by atoms with E-state index in [0.29, 0.717) is 11.0 Å². The summed E-state index contributed by atoms with van der Waals surface area (Å²) in [7, 11) is 1.63. The van der Waals surface area contributed by atoms with E-state index in [2.05, 4.69) is 9.97 Å². The molecule has 0 unspecified atom stereocenters. The molecule has 1 heterocycles. The van der Waals surface area contributed by atoms with Gasteiger partial charge in [0.25, 0.3) is 0 Å². The van der Waals surface area contributed by atoms with Crippen LogP contribution in [0.15, 0.2) is 0 Å². The molecule has 4 heteroatoms. The zero-order valence-electron chi connectivity index (χ0n) is 9.18. The molecule has 0 aromatic carbocycles. The van der Waals surface area contributed by atoms with Crippen molar-refractivity contribution in [1.29, 1.82) is 0 Å². The molecule has 0 aliphatic rings. The molecule has 0 saturated heterocycles. The van der Waals surface area contributed by atoms with Gasteiger partial charge in [0.2, 0.25) is 0 Å². The van der Waals surface area contributed by atoms with E-state index >= 15 is 0 Å². The average molecular weight is 215 g/mol. The smallest absolute Gasteiger partial charge is 0.161 e. The highest BCUT2D eigenvalue weighted by Crippen LogP contribution is 2.23. The van der Waals surface area contributed by atoms with Crippen LogP contribution in [-0.4, -0.2) is 17.1 Å². The SMILES string of the molecule is COC(C)(C)c1nc(C)c(C)c(Cl)n1. The summed E-state index contributed by atoms with van der Waals surface area (Å²) in [5.74, 6) is 0.619. The number of methoxy groups -OCH3 is 1. The van der Waals surface area contributed by atoms with Gasteiger partial charge in [0.1, 0.15) is 10.8 Å². The number of aryl methyl sites for hydroxylation is 1. The molecule has 1 aromatic rings. The van der Waals surface area contributed by atoms with Crippen LogP contribution in [-0.2, 0) is 10.3 Å². The fraction of sp³-hybridized carbons (Fsp3) is 0.600. The lowest BCUT2D eigenvalue weighted by molar-refractivity contribution is 0.0113. The number of hydrogen-bond acceptors (Lipinski definition) is 3. The molecule has 0 aliphatic carbocycles. The van der Waals surface area contributed by atoms with Gasteiger partial charge in [-0.25, -0.2) is 9.97 Å². The summed E-state index contributed by atoms with van der Waals surface area (Å²) in [5, 5.41) is 0.498. The van der Waals surface area contributed by atoms with Gasteiger partial charge in [-0.15, -0.1) is 0 Å². The second-order valence-electron chi connectivity index (χ2n) is 3.76. The Labute approximate surface area is 89.5 Å². The Morgan fingerprint density at radius 2 is 1.79 bits per heavy atom. The molecule has 0 amide bonds. The molecule has 0 saturated carbocycles. The lowest BCUT2D eigenvalue weighted by Crippen LogP contribution is -2.23. The third kappa shape index (κ3) is 2.04. The Balaban J connectivity index is 3.26.